The lowest BCUT2D eigenvalue weighted by atomic mass is 9.99. The van der Waals surface area contributed by atoms with Gasteiger partial charge >= 0.3 is 0 Å². The van der Waals surface area contributed by atoms with Gasteiger partial charge in [-0.1, -0.05) is 49.1 Å². The summed E-state index contributed by atoms with van der Waals surface area (Å²) in [4.78, 5) is 18.7. The Morgan fingerprint density at radius 2 is 1.89 bits per heavy atom. The number of carbonyl (C=O) groups is 1. The van der Waals surface area contributed by atoms with Crippen molar-refractivity contribution in [2.75, 3.05) is 18.0 Å². The van der Waals surface area contributed by atoms with E-state index in [0.717, 1.165) is 17.0 Å². The topological polar surface area (TPSA) is 71.2 Å². The second kappa shape index (κ2) is 8.36. The van der Waals surface area contributed by atoms with Crippen LogP contribution in [0.4, 0.5) is 5.82 Å². The Labute approximate surface area is 159 Å². The third-order valence-electron chi connectivity index (χ3n) is 4.59. The Morgan fingerprint density at radius 3 is 2.56 bits per heavy atom. The predicted molar refractivity (Wildman–Crippen MR) is 110 cm³/mol. The molecular weight excluding hydrogens is 336 g/mol. The molecule has 0 radical (unpaired) electrons. The molecular formula is C22H24N4O. The fourth-order valence-corrected chi connectivity index (χ4v) is 2.81. The van der Waals surface area contributed by atoms with E-state index in [4.69, 9.17) is 5.73 Å². The maximum Gasteiger partial charge on any atom is 0.231 e. The molecule has 0 spiro atoms. The van der Waals surface area contributed by atoms with Crippen LogP contribution in [-0.4, -0.2) is 24.0 Å². The summed E-state index contributed by atoms with van der Waals surface area (Å²) in [7, 11) is 0. The van der Waals surface area contributed by atoms with E-state index in [2.05, 4.69) is 21.8 Å². The second-order valence-electron chi connectivity index (χ2n) is 6.60. The first-order valence-electron chi connectivity index (χ1n) is 8.90. The van der Waals surface area contributed by atoms with Crippen molar-refractivity contribution >= 4 is 17.3 Å². The lowest BCUT2D eigenvalue weighted by molar-refractivity contribution is -0.124. The zero-order chi connectivity index (χ0) is 19.2. The van der Waals surface area contributed by atoms with Crippen LogP contribution in [0.5, 0.6) is 0 Å². The van der Waals surface area contributed by atoms with E-state index >= 15 is 0 Å². The van der Waals surface area contributed by atoms with Crippen molar-refractivity contribution < 1.29 is 4.79 Å². The van der Waals surface area contributed by atoms with Crippen molar-refractivity contribution in [2.24, 2.45) is 11.7 Å². The molecule has 1 aliphatic rings. The zero-order valence-corrected chi connectivity index (χ0v) is 15.4. The van der Waals surface area contributed by atoms with Gasteiger partial charge in [0.05, 0.1) is 17.3 Å². The number of amides is 1. The van der Waals surface area contributed by atoms with E-state index in [1.54, 1.807) is 12.3 Å². The Hall–Kier alpha value is -3.34. The van der Waals surface area contributed by atoms with Crippen LogP contribution in [0, 0.1) is 5.92 Å². The number of hydrogen-bond donors (Lipinski definition) is 2. The lowest BCUT2D eigenvalue weighted by Crippen LogP contribution is -2.54. The van der Waals surface area contributed by atoms with Gasteiger partial charge in [-0.25, -0.2) is 4.98 Å². The monoisotopic (exact) mass is 360 g/mol. The zero-order valence-electron chi connectivity index (χ0n) is 15.4. The fraction of sp³-hybridized carbons (Fsp3) is 0.182. The van der Waals surface area contributed by atoms with Gasteiger partial charge in [0.2, 0.25) is 5.91 Å². The Kier molecular flexibility index (Phi) is 5.71. The molecule has 1 saturated heterocycles. The molecule has 0 saturated carbocycles. The highest BCUT2D eigenvalue weighted by molar-refractivity contribution is 5.83. The van der Waals surface area contributed by atoms with Crippen molar-refractivity contribution in [3.8, 4) is 0 Å². The minimum Gasteiger partial charge on any atom is -0.397 e. The van der Waals surface area contributed by atoms with E-state index < -0.39 is 0 Å². The maximum atomic E-state index is 12.4. The van der Waals surface area contributed by atoms with Gasteiger partial charge in [0.15, 0.2) is 0 Å². The van der Waals surface area contributed by atoms with Gasteiger partial charge in [0.25, 0.3) is 0 Å². The number of hydrogen-bond acceptors (Lipinski definition) is 4. The number of nitrogens with two attached hydrogens (primary N) is 1. The van der Waals surface area contributed by atoms with Crippen LogP contribution in [-0.2, 0) is 4.79 Å². The molecule has 138 valence electrons. The Balaban J connectivity index is 1.52. The lowest BCUT2D eigenvalue weighted by Gasteiger charge is -2.39. The van der Waals surface area contributed by atoms with Crippen molar-refractivity contribution in [3.05, 3.63) is 90.4 Å². The number of allylic oxidation sites excluding steroid dienone is 3. The molecule has 5 heteroatoms. The summed E-state index contributed by atoms with van der Waals surface area (Å²) in [6, 6.07) is 15.8. The van der Waals surface area contributed by atoms with Crippen molar-refractivity contribution in [1.29, 1.82) is 0 Å². The van der Waals surface area contributed by atoms with Gasteiger partial charge in [-0.3, -0.25) is 4.79 Å². The quantitative estimate of drug-likeness (QED) is 0.777. The van der Waals surface area contributed by atoms with Crippen LogP contribution >= 0.6 is 0 Å². The molecule has 0 aliphatic carbocycles. The molecule has 1 aromatic heterocycles. The molecule has 2 heterocycles. The molecule has 1 aromatic carbocycles. The number of nitrogens with one attached hydrogen (secondary N) is 1. The second-order valence-corrected chi connectivity index (χ2v) is 6.60. The minimum absolute atomic E-state index is 0.0627. The highest BCUT2D eigenvalue weighted by Crippen LogP contribution is 2.22. The van der Waals surface area contributed by atoms with Crippen molar-refractivity contribution in [1.82, 2.24) is 10.3 Å². The van der Waals surface area contributed by atoms with Gasteiger partial charge < -0.3 is 16.0 Å². The summed E-state index contributed by atoms with van der Waals surface area (Å²) in [5.41, 5.74) is 9.13. The van der Waals surface area contributed by atoms with Gasteiger partial charge in [-0.05, 0) is 36.3 Å². The normalized spacial score (nSPS) is 15.2. The van der Waals surface area contributed by atoms with Gasteiger partial charge in [0, 0.05) is 19.3 Å². The van der Waals surface area contributed by atoms with E-state index in [1.165, 1.54) is 0 Å². The molecule has 5 nitrogen and oxygen atoms in total. The average Bonchev–Trinajstić information content (AvgIpc) is 2.66. The Morgan fingerprint density at radius 1 is 1.19 bits per heavy atom. The van der Waals surface area contributed by atoms with Gasteiger partial charge in [0.1, 0.15) is 5.82 Å². The van der Waals surface area contributed by atoms with Gasteiger partial charge in [-0.15, -0.1) is 0 Å². The number of nitrogens with zero attached hydrogens (tertiary/aromatic N) is 2. The minimum atomic E-state index is -0.0850. The third-order valence-corrected chi connectivity index (χ3v) is 4.59. The van der Waals surface area contributed by atoms with E-state index in [-0.39, 0.29) is 11.8 Å². The highest BCUT2D eigenvalue weighted by Gasteiger charge is 2.33. The molecule has 1 amide bonds. The molecule has 3 N–H and O–H groups in total. The van der Waals surface area contributed by atoms with Crippen molar-refractivity contribution in [3.63, 3.8) is 0 Å². The number of benzene rings is 1. The standard InChI is InChI=1S/C22H24N4O/c1-16(18-8-4-3-5-9-18)11-12-20(23)17(2)25-22(27)19-14-26(15-19)21-10-6-7-13-24-21/h3-13,19H,2,14-15,23H2,1H3,(H,25,27)/b16-11+,20-12+. The van der Waals surface area contributed by atoms with Crippen LogP contribution in [0.15, 0.2) is 84.9 Å². The van der Waals surface area contributed by atoms with Crippen LogP contribution in [0.1, 0.15) is 12.5 Å². The molecule has 2 aromatic rings. The maximum absolute atomic E-state index is 12.4. The van der Waals surface area contributed by atoms with Crippen LogP contribution in [0.2, 0.25) is 0 Å². The molecule has 0 atom stereocenters. The first kappa shape index (κ1) is 18.5. The number of pyridine rings is 1. The predicted octanol–water partition coefficient (Wildman–Crippen LogP) is 3.09. The summed E-state index contributed by atoms with van der Waals surface area (Å²) in [5.74, 6) is 0.742. The highest BCUT2D eigenvalue weighted by atomic mass is 16.2. The molecule has 1 fully saturated rings. The van der Waals surface area contributed by atoms with Crippen molar-refractivity contribution in [2.45, 2.75) is 6.92 Å². The summed E-state index contributed by atoms with van der Waals surface area (Å²) >= 11 is 0. The van der Waals surface area contributed by atoms with E-state index in [9.17, 15) is 4.79 Å². The first-order valence-corrected chi connectivity index (χ1v) is 8.90. The smallest absolute Gasteiger partial charge is 0.231 e. The SMILES string of the molecule is C=C(NC(=O)C1CN(c2ccccn2)C1)/C(N)=C\C=C(/C)c1ccccc1. The molecule has 1 aliphatic heterocycles. The van der Waals surface area contributed by atoms with Crippen LogP contribution in [0.3, 0.4) is 0 Å². The number of aromatic nitrogens is 1. The first-order chi connectivity index (χ1) is 13.0. The van der Waals surface area contributed by atoms with Crippen LogP contribution in [0.25, 0.3) is 5.57 Å². The summed E-state index contributed by atoms with van der Waals surface area (Å²) < 4.78 is 0. The van der Waals surface area contributed by atoms with E-state index in [1.807, 2.05) is 61.5 Å². The summed E-state index contributed by atoms with van der Waals surface area (Å²) in [6.45, 7) is 7.19. The third kappa shape index (κ3) is 4.64. The largest absolute Gasteiger partial charge is 0.397 e. The Bertz CT molecular complexity index is 866. The average molecular weight is 360 g/mol. The van der Waals surface area contributed by atoms with E-state index in [0.29, 0.717) is 24.5 Å². The number of carbonyl (C=O) groups excluding carboxylic acids is 1. The van der Waals surface area contributed by atoms with Crippen LogP contribution < -0.4 is 16.0 Å². The van der Waals surface area contributed by atoms with Gasteiger partial charge in [-0.2, -0.15) is 0 Å². The molecule has 0 unspecified atom stereocenters. The summed E-state index contributed by atoms with van der Waals surface area (Å²) in [5, 5.41) is 2.81. The number of rotatable bonds is 6. The molecule has 0 bridgehead atoms. The molecule has 27 heavy (non-hydrogen) atoms. The summed E-state index contributed by atoms with van der Waals surface area (Å²) in [6.07, 6.45) is 5.45. The molecule has 3 rings (SSSR count). The fourth-order valence-electron chi connectivity index (χ4n) is 2.81. The number of anilines is 1.